The molecule has 0 aliphatic carbocycles. The topological polar surface area (TPSA) is 86.6 Å². The molecule has 3 N–H and O–H groups in total. The Labute approximate surface area is 113 Å². The molecule has 1 unspecified atom stereocenters. The lowest BCUT2D eigenvalue weighted by Gasteiger charge is -2.08. The highest BCUT2D eigenvalue weighted by atomic mass is 35.5. The standard InChI is InChI=1S/C11H12ClNO4S/c12-7-3-1-2-4-9(7)18-6-10(15)13-5-8(14)11(16)17/h1-4,8,14H,5-6H2,(H,13,15)(H,16,17). The number of nitrogens with one attached hydrogen (secondary N) is 1. The van der Waals surface area contributed by atoms with Crippen LogP contribution >= 0.6 is 23.4 Å². The zero-order valence-electron chi connectivity index (χ0n) is 9.30. The fourth-order valence-electron chi connectivity index (χ4n) is 1.05. The summed E-state index contributed by atoms with van der Waals surface area (Å²) in [5.74, 6) is -1.62. The van der Waals surface area contributed by atoms with Crippen LogP contribution in [0.3, 0.4) is 0 Å². The van der Waals surface area contributed by atoms with Crippen molar-refractivity contribution in [2.24, 2.45) is 0 Å². The Hall–Kier alpha value is -1.24. The Morgan fingerprint density at radius 3 is 2.67 bits per heavy atom. The van der Waals surface area contributed by atoms with Crippen LogP contribution in [0.4, 0.5) is 0 Å². The normalized spacial score (nSPS) is 11.9. The maximum Gasteiger partial charge on any atom is 0.334 e. The van der Waals surface area contributed by atoms with E-state index in [1.165, 1.54) is 11.8 Å². The Morgan fingerprint density at radius 2 is 2.06 bits per heavy atom. The molecule has 0 aliphatic heterocycles. The summed E-state index contributed by atoms with van der Waals surface area (Å²) in [4.78, 5) is 22.5. The smallest absolute Gasteiger partial charge is 0.334 e. The van der Waals surface area contributed by atoms with Gasteiger partial charge in [-0.05, 0) is 12.1 Å². The summed E-state index contributed by atoms with van der Waals surface area (Å²) < 4.78 is 0. The molecule has 0 spiro atoms. The van der Waals surface area contributed by atoms with E-state index in [-0.39, 0.29) is 18.2 Å². The number of hydrogen-bond donors (Lipinski definition) is 3. The van der Waals surface area contributed by atoms with Crippen molar-refractivity contribution in [2.45, 2.75) is 11.0 Å². The van der Waals surface area contributed by atoms with Gasteiger partial charge in [0.25, 0.3) is 0 Å². The molecule has 0 saturated carbocycles. The van der Waals surface area contributed by atoms with Crippen molar-refractivity contribution in [1.82, 2.24) is 5.32 Å². The Balaban J connectivity index is 2.34. The van der Waals surface area contributed by atoms with Gasteiger partial charge in [0.2, 0.25) is 5.91 Å². The molecule has 7 heteroatoms. The molecule has 0 aliphatic rings. The number of thioether (sulfide) groups is 1. The first-order valence-electron chi connectivity index (χ1n) is 5.05. The molecule has 1 amide bonds. The molecule has 1 atom stereocenters. The number of benzene rings is 1. The van der Waals surface area contributed by atoms with E-state index in [9.17, 15) is 9.59 Å². The SMILES string of the molecule is O=C(CSc1ccccc1Cl)NCC(O)C(=O)O. The van der Waals surface area contributed by atoms with Crippen LogP contribution in [-0.2, 0) is 9.59 Å². The van der Waals surface area contributed by atoms with Gasteiger partial charge in [-0.15, -0.1) is 11.8 Å². The number of halogens is 1. The van der Waals surface area contributed by atoms with E-state index in [1.54, 1.807) is 24.3 Å². The summed E-state index contributed by atoms with van der Waals surface area (Å²) in [7, 11) is 0. The predicted octanol–water partition coefficient (Wildman–Crippen LogP) is 0.994. The van der Waals surface area contributed by atoms with E-state index in [1.807, 2.05) is 0 Å². The van der Waals surface area contributed by atoms with Gasteiger partial charge in [-0.3, -0.25) is 4.79 Å². The number of hydrogen-bond acceptors (Lipinski definition) is 4. The average Bonchev–Trinajstić information content (AvgIpc) is 2.34. The van der Waals surface area contributed by atoms with Gasteiger partial charge < -0.3 is 15.5 Å². The maximum absolute atomic E-state index is 11.4. The Bertz CT molecular complexity index is 441. The van der Waals surface area contributed by atoms with Gasteiger partial charge in [0.05, 0.1) is 17.3 Å². The second-order valence-corrected chi connectivity index (χ2v) is 4.80. The van der Waals surface area contributed by atoms with Crippen LogP contribution in [0.15, 0.2) is 29.2 Å². The van der Waals surface area contributed by atoms with Gasteiger partial charge in [0.15, 0.2) is 6.10 Å². The third-order valence-electron chi connectivity index (χ3n) is 1.97. The number of carboxylic acid groups (broad SMARTS) is 1. The minimum Gasteiger partial charge on any atom is -0.479 e. The summed E-state index contributed by atoms with van der Waals surface area (Å²) in [5, 5.41) is 20.3. The molecular formula is C11H12ClNO4S. The molecular weight excluding hydrogens is 278 g/mol. The molecule has 0 radical (unpaired) electrons. The lowest BCUT2D eigenvalue weighted by atomic mass is 10.3. The van der Waals surface area contributed by atoms with Crippen LogP contribution in [0, 0.1) is 0 Å². The number of rotatable bonds is 6. The van der Waals surface area contributed by atoms with Crippen LogP contribution in [0.5, 0.6) is 0 Å². The molecule has 0 aromatic heterocycles. The zero-order chi connectivity index (χ0) is 13.5. The van der Waals surface area contributed by atoms with Gasteiger partial charge in [-0.1, -0.05) is 23.7 Å². The lowest BCUT2D eigenvalue weighted by molar-refractivity contribution is -0.146. The fourth-order valence-corrected chi connectivity index (χ4v) is 2.12. The van der Waals surface area contributed by atoms with Crippen molar-refractivity contribution >= 4 is 35.2 Å². The van der Waals surface area contributed by atoms with Crippen LogP contribution in [0.2, 0.25) is 5.02 Å². The molecule has 0 bridgehead atoms. The molecule has 98 valence electrons. The third-order valence-corrected chi connectivity index (χ3v) is 3.49. The van der Waals surface area contributed by atoms with Crippen LogP contribution in [-0.4, -0.2) is 40.5 Å². The van der Waals surface area contributed by atoms with Crippen molar-refractivity contribution < 1.29 is 19.8 Å². The quantitative estimate of drug-likeness (QED) is 0.680. The van der Waals surface area contributed by atoms with Crippen molar-refractivity contribution in [3.63, 3.8) is 0 Å². The third kappa shape index (κ3) is 4.95. The van der Waals surface area contributed by atoms with Gasteiger partial charge in [0.1, 0.15) is 0 Å². The first-order chi connectivity index (χ1) is 8.50. The second kappa shape index (κ2) is 7.25. The maximum atomic E-state index is 11.4. The van der Waals surface area contributed by atoms with E-state index in [2.05, 4.69) is 5.32 Å². The Morgan fingerprint density at radius 1 is 1.39 bits per heavy atom. The van der Waals surface area contributed by atoms with E-state index in [4.69, 9.17) is 21.8 Å². The largest absolute Gasteiger partial charge is 0.479 e. The molecule has 0 fully saturated rings. The van der Waals surface area contributed by atoms with Crippen LogP contribution < -0.4 is 5.32 Å². The number of carbonyl (C=O) groups is 2. The highest BCUT2D eigenvalue weighted by Crippen LogP contribution is 2.26. The average molecular weight is 290 g/mol. The number of aliphatic hydroxyl groups is 1. The van der Waals surface area contributed by atoms with E-state index < -0.39 is 12.1 Å². The van der Waals surface area contributed by atoms with E-state index in [0.717, 1.165) is 4.90 Å². The molecule has 0 heterocycles. The van der Waals surface area contributed by atoms with Crippen molar-refractivity contribution in [3.05, 3.63) is 29.3 Å². The van der Waals surface area contributed by atoms with E-state index >= 15 is 0 Å². The molecule has 18 heavy (non-hydrogen) atoms. The van der Waals surface area contributed by atoms with Crippen LogP contribution in [0.25, 0.3) is 0 Å². The first kappa shape index (κ1) is 14.8. The monoisotopic (exact) mass is 289 g/mol. The van der Waals surface area contributed by atoms with Gasteiger partial charge >= 0.3 is 5.97 Å². The Kier molecular flexibility index (Phi) is 5.97. The predicted molar refractivity (Wildman–Crippen MR) is 68.8 cm³/mol. The van der Waals surface area contributed by atoms with E-state index in [0.29, 0.717) is 5.02 Å². The second-order valence-electron chi connectivity index (χ2n) is 3.38. The van der Waals surface area contributed by atoms with Crippen molar-refractivity contribution in [2.75, 3.05) is 12.3 Å². The number of carbonyl (C=O) groups excluding carboxylic acids is 1. The minimum atomic E-state index is -1.58. The van der Waals surface area contributed by atoms with Crippen LogP contribution in [0.1, 0.15) is 0 Å². The molecule has 1 aromatic carbocycles. The van der Waals surface area contributed by atoms with Crippen molar-refractivity contribution in [3.8, 4) is 0 Å². The minimum absolute atomic E-state index is 0.107. The van der Waals surface area contributed by atoms with Crippen molar-refractivity contribution in [1.29, 1.82) is 0 Å². The summed E-state index contributed by atoms with van der Waals surface area (Å²) >= 11 is 7.15. The number of aliphatic hydroxyl groups excluding tert-OH is 1. The number of amides is 1. The molecule has 1 rings (SSSR count). The fraction of sp³-hybridized carbons (Fsp3) is 0.273. The number of aliphatic carboxylic acids is 1. The van der Waals surface area contributed by atoms with Gasteiger partial charge in [-0.2, -0.15) is 0 Å². The summed E-state index contributed by atoms with van der Waals surface area (Å²) in [6.45, 7) is -0.308. The molecule has 1 aromatic rings. The highest BCUT2D eigenvalue weighted by molar-refractivity contribution is 8.00. The zero-order valence-corrected chi connectivity index (χ0v) is 10.9. The first-order valence-corrected chi connectivity index (χ1v) is 6.42. The molecule has 0 saturated heterocycles. The summed E-state index contributed by atoms with van der Waals surface area (Å²) in [5.41, 5.74) is 0. The highest BCUT2D eigenvalue weighted by Gasteiger charge is 2.14. The number of carboxylic acids is 1. The molecule has 5 nitrogen and oxygen atoms in total. The summed E-state index contributed by atoms with van der Waals surface area (Å²) in [6.07, 6.45) is -1.58. The summed E-state index contributed by atoms with van der Waals surface area (Å²) in [6, 6.07) is 7.10. The van der Waals surface area contributed by atoms with Gasteiger partial charge in [-0.25, -0.2) is 4.79 Å². The lowest BCUT2D eigenvalue weighted by Crippen LogP contribution is -2.37. The van der Waals surface area contributed by atoms with Gasteiger partial charge in [0, 0.05) is 4.90 Å².